The van der Waals surface area contributed by atoms with Gasteiger partial charge in [-0.25, -0.2) is 14.8 Å². The Morgan fingerprint density at radius 1 is 0.939 bits per heavy atom. The Kier molecular flexibility index (Phi) is 7.87. The molecule has 0 saturated carbocycles. The summed E-state index contributed by atoms with van der Waals surface area (Å²) in [5.74, 6) is 0.807. The molecule has 1 fully saturated rings. The van der Waals surface area contributed by atoms with E-state index in [2.05, 4.69) is 49.4 Å². The summed E-state index contributed by atoms with van der Waals surface area (Å²) in [5, 5.41) is 3.07. The number of hydrogen-bond donors (Lipinski definition) is 1. The number of piperazine rings is 1. The maximum absolute atomic E-state index is 12.6. The molecule has 0 aliphatic carbocycles. The van der Waals surface area contributed by atoms with Gasteiger partial charge in [0, 0.05) is 58.7 Å². The second-order valence-electron chi connectivity index (χ2n) is 8.34. The molecule has 1 aliphatic heterocycles. The molecule has 7 nitrogen and oxygen atoms in total. The van der Waals surface area contributed by atoms with Gasteiger partial charge in [0.1, 0.15) is 0 Å². The smallest absolute Gasteiger partial charge is 0.317 e. The van der Waals surface area contributed by atoms with Gasteiger partial charge in [-0.3, -0.25) is 4.90 Å². The van der Waals surface area contributed by atoms with Crippen molar-refractivity contribution >= 4 is 12.0 Å². The molecule has 33 heavy (non-hydrogen) atoms. The van der Waals surface area contributed by atoms with Crippen LogP contribution in [0.25, 0.3) is 11.1 Å². The van der Waals surface area contributed by atoms with Gasteiger partial charge >= 0.3 is 6.03 Å². The minimum Gasteiger partial charge on any atom is -0.338 e. The van der Waals surface area contributed by atoms with E-state index in [0.29, 0.717) is 13.1 Å². The van der Waals surface area contributed by atoms with Crippen LogP contribution in [0, 0.1) is 0 Å². The van der Waals surface area contributed by atoms with E-state index in [1.54, 1.807) is 17.3 Å². The fourth-order valence-electron chi connectivity index (χ4n) is 4.14. The molecule has 4 rings (SSSR count). The Morgan fingerprint density at radius 2 is 1.64 bits per heavy atom. The third-order valence-electron chi connectivity index (χ3n) is 5.99. The average Bonchev–Trinajstić information content (AvgIpc) is 2.88. The molecular weight excluding hydrogens is 412 g/mol. The monoisotopic (exact) mass is 444 g/mol. The number of aromatic nitrogens is 2. The fraction of sp³-hybridized carbons (Fsp3) is 0.346. The van der Waals surface area contributed by atoms with Gasteiger partial charge in [0.25, 0.3) is 0 Å². The predicted molar refractivity (Wildman–Crippen MR) is 132 cm³/mol. The SMILES string of the molecule is CN(Cc1ccccc1-c1ccccc1)C(=O)NCCCN1CCN(c2ncccn2)CC1. The summed E-state index contributed by atoms with van der Waals surface area (Å²) in [6, 6.07) is 20.4. The molecule has 2 amide bonds. The Labute approximate surface area is 196 Å². The van der Waals surface area contributed by atoms with Crippen molar-refractivity contribution in [1.29, 1.82) is 0 Å². The van der Waals surface area contributed by atoms with Gasteiger partial charge in [-0.15, -0.1) is 0 Å². The van der Waals surface area contributed by atoms with Crippen LogP contribution in [0.15, 0.2) is 73.1 Å². The first kappa shape index (κ1) is 22.7. The third-order valence-corrected chi connectivity index (χ3v) is 5.99. The van der Waals surface area contributed by atoms with Crippen molar-refractivity contribution in [2.24, 2.45) is 0 Å². The first-order valence-corrected chi connectivity index (χ1v) is 11.6. The van der Waals surface area contributed by atoms with E-state index in [-0.39, 0.29) is 6.03 Å². The maximum atomic E-state index is 12.6. The van der Waals surface area contributed by atoms with E-state index >= 15 is 0 Å². The molecule has 1 N–H and O–H groups in total. The number of urea groups is 1. The van der Waals surface area contributed by atoms with Gasteiger partial charge in [-0.05, 0) is 35.7 Å². The third kappa shape index (κ3) is 6.29. The molecule has 0 atom stereocenters. The second kappa shape index (κ2) is 11.4. The Morgan fingerprint density at radius 3 is 2.39 bits per heavy atom. The number of nitrogens with one attached hydrogen (secondary N) is 1. The summed E-state index contributed by atoms with van der Waals surface area (Å²) in [5.41, 5.74) is 3.47. The summed E-state index contributed by atoms with van der Waals surface area (Å²) in [6.07, 6.45) is 4.51. The van der Waals surface area contributed by atoms with Gasteiger partial charge in [0.05, 0.1) is 0 Å². The number of benzene rings is 2. The van der Waals surface area contributed by atoms with Gasteiger partial charge in [0.15, 0.2) is 0 Å². The molecule has 2 aromatic carbocycles. The molecule has 172 valence electrons. The van der Waals surface area contributed by atoms with E-state index in [1.165, 1.54) is 5.56 Å². The summed E-state index contributed by atoms with van der Waals surface area (Å²) in [4.78, 5) is 27.7. The Bertz CT molecular complexity index is 1010. The van der Waals surface area contributed by atoms with Crippen molar-refractivity contribution in [3.63, 3.8) is 0 Å². The van der Waals surface area contributed by atoms with Crippen molar-refractivity contribution in [2.45, 2.75) is 13.0 Å². The van der Waals surface area contributed by atoms with Crippen LogP contribution in [0.4, 0.5) is 10.7 Å². The van der Waals surface area contributed by atoms with Crippen molar-refractivity contribution in [1.82, 2.24) is 25.1 Å². The van der Waals surface area contributed by atoms with Crippen LogP contribution in [0.5, 0.6) is 0 Å². The standard InChI is InChI=1S/C26H32N6O/c1-30(21-23-11-5-6-12-24(23)22-9-3-2-4-10-22)26(33)29-15-8-16-31-17-19-32(20-18-31)25-27-13-7-14-28-25/h2-7,9-14H,8,15-21H2,1H3,(H,29,33). The van der Waals surface area contributed by atoms with Crippen molar-refractivity contribution in [2.75, 3.05) is 51.2 Å². The zero-order valence-electron chi connectivity index (χ0n) is 19.2. The molecule has 0 spiro atoms. The Balaban J connectivity index is 1.18. The first-order chi connectivity index (χ1) is 16.2. The first-order valence-electron chi connectivity index (χ1n) is 11.6. The normalized spacial score (nSPS) is 14.2. The molecule has 0 unspecified atom stereocenters. The summed E-state index contributed by atoms with van der Waals surface area (Å²) >= 11 is 0. The maximum Gasteiger partial charge on any atom is 0.317 e. The molecule has 1 aliphatic rings. The van der Waals surface area contributed by atoms with Crippen LogP contribution in [0.1, 0.15) is 12.0 Å². The lowest BCUT2D eigenvalue weighted by atomic mass is 9.99. The number of hydrogen-bond acceptors (Lipinski definition) is 5. The zero-order valence-corrected chi connectivity index (χ0v) is 19.2. The van der Waals surface area contributed by atoms with Crippen molar-refractivity contribution < 1.29 is 4.79 Å². The van der Waals surface area contributed by atoms with Crippen molar-refractivity contribution in [3.05, 3.63) is 78.6 Å². The van der Waals surface area contributed by atoms with E-state index in [1.807, 2.05) is 43.4 Å². The summed E-state index contributed by atoms with van der Waals surface area (Å²) in [7, 11) is 1.85. The van der Waals surface area contributed by atoms with Crippen LogP contribution in [-0.2, 0) is 6.54 Å². The van der Waals surface area contributed by atoms with Crippen LogP contribution >= 0.6 is 0 Å². The molecule has 2 heterocycles. The van der Waals surface area contributed by atoms with E-state index in [4.69, 9.17) is 0 Å². The highest BCUT2D eigenvalue weighted by molar-refractivity contribution is 5.74. The topological polar surface area (TPSA) is 64.6 Å². The van der Waals surface area contributed by atoms with Crippen molar-refractivity contribution in [3.8, 4) is 11.1 Å². The van der Waals surface area contributed by atoms with Crippen LogP contribution in [0.2, 0.25) is 0 Å². The zero-order chi connectivity index (χ0) is 22.9. The minimum atomic E-state index is -0.0380. The molecule has 1 saturated heterocycles. The second-order valence-corrected chi connectivity index (χ2v) is 8.34. The van der Waals surface area contributed by atoms with Gasteiger partial charge < -0.3 is 15.1 Å². The number of carbonyl (C=O) groups excluding carboxylic acids is 1. The molecule has 7 heteroatoms. The highest BCUT2D eigenvalue weighted by atomic mass is 16.2. The quantitative estimate of drug-likeness (QED) is 0.539. The van der Waals surface area contributed by atoms with E-state index < -0.39 is 0 Å². The number of carbonyl (C=O) groups is 1. The lowest BCUT2D eigenvalue weighted by Gasteiger charge is -2.34. The Hall–Kier alpha value is -3.45. The minimum absolute atomic E-state index is 0.0380. The van der Waals surface area contributed by atoms with Crippen LogP contribution in [-0.4, -0.2) is 72.1 Å². The van der Waals surface area contributed by atoms with Gasteiger partial charge in [0.2, 0.25) is 5.95 Å². The average molecular weight is 445 g/mol. The van der Waals surface area contributed by atoms with Gasteiger partial charge in [-0.2, -0.15) is 0 Å². The molecule has 3 aromatic rings. The fourth-order valence-corrected chi connectivity index (χ4v) is 4.14. The molecule has 0 bridgehead atoms. The highest BCUT2D eigenvalue weighted by Crippen LogP contribution is 2.24. The lowest BCUT2D eigenvalue weighted by Crippen LogP contribution is -2.47. The number of nitrogens with zero attached hydrogens (tertiary/aromatic N) is 5. The molecule has 1 aromatic heterocycles. The molecule has 0 radical (unpaired) electrons. The number of amides is 2. The van der Waals surface area contributed by atoms with Crippen LogP contribution in [0.3, 0.4) is 0 Å². The largest absolute Gasteiger partial charge is 0.338 e. The predicted octanol–water partition coefficient (Wildman–Crippen LogP) is 3.50. The molecular formula is C26H32N6O. The number of anilines is 1. The lowest BCUT2D eigenvalue weighted by molar-refractivity contribution is 0.205. The van der Waals surface area contributed by atoms with Crippen LogP contribution < -0.4 is 10.2 Å². The van der Waals surface area contributed by atoms with E-state index in [9.17, 15) is 4.79 Å². The van der Waals surface area contributed by atoms with Gasteiger partial charge in [-0.1, -0.05) is 54.6 Å². The number of rotatable bonds is 8. The summed E-state index contributed by atoms with van der Waals surface area (Å²) in [6.45, 7) is 6.06. The summed E-state index contributed by atoms with van der Waals surface area (Å²) < 4.78 is 0. The highest BCUT2D eigenvalue weighted by Gasteiger charge is 2.18. The van der Waals surface area contributed by atoms with E-state index in [0.717, 1.165) is 56.2 Å².